The van der Waals surface area contributed by atoms with Gasteiger partial charge in [-0.05, 0) is 116 Å². The van der Waals surface area contributed by atoms with Crippen molar-refractivity contribution < 1.29 is 0 Å². The van der Waals surface area contributed by atoms with Gasteiger partial charge in [0.1, 0.15) is 0 Å². The van der Waals surface area contributed by atoms with E-state index in [9.17, 15) is 0 Å². The molecule has 2 aromatic carbocycles. The molecule has 8 bridgehead atoms. The lowest BCUT2D eigenvalue weighted by Crippen LogP contribution is -2.16. The van der Waals surface area contributed by atoms with Crippen LogP contribution in [-0.2, 0) is 21.7 Å². The number of nitrogens with one attached hydrogen (secondary N) is 2. The molecule has 0 saturated heterocycles. The number of benzene rings is 2. The van der Waals surface area contributed by atoms with Crippen LogP contribution in [0.3, 0.4) is 0 Å². The smallest absolute Gasteiger partial charge is 0.0737 e. The van der Waals surface area contributed by atoms with Gasteiger partial charge < -0.3 is 9.97 Å². The van der Waals surface area contributed by atoms with Crippen LogP contribution in [0.5, 0.6) is 0 Å². The zero-order valence-electron chi connectivity index (χ0n) is 33.1. The SMILES string of the molecule is CC(C)(C)c1cc(-c2c3nc(cc4ccc([nH]4)c(-c4cc(C(C)(C)C)cc(C(C)(C)C)c4)c4ccc(cc5nc2C=C5)[nH]4)C=C3)cc(C(C)(C)C)c1. The summed E-state index contributed by atoms with van der Waals surface area (Å²) in [6.07, 6.45) is 8.52. The highest BCUT2D eigenvalue weighted by Crippen LogP contribution is 2.39. The lowest BCUT2D eigenvalue weighted by atomic mass is 9.78. The van der Waals surface area contributed by atoms with Gasteiger partial charge in [0.25, 0.3) is 0 Å². The maximum absolute atomic E-state index is 5.24. The number of hydrogen-bond acceptors (Lipinski definition) is 2. The molecule has 7 rings (SSSR count). The molecule has 0 spiro atoms. The van der Waals surface area contributed by atoms with Crippen molar-refractivity contribution in [3.63, 3.8) is 0 Å². The Bertz CT molecular complexity index is 2270. The molecule has 4 heteroatoms. The average molecular weight is 687 g/mol. The van der Waals surface area contributed by atoms with Gasteiger partial charge in [0.2, 0.25) is 0 Å². The normalized spacial score (nSPS) is 13.6. The van der Waals surface area contributed by atoms with Crippen molar-refractivity contribution in [1.82, 2.24) is 19.9 Å². The van der Waals surface area contributed by atoms with Gasteiger partial charge in [-0.1, -0.05) is 119 Å². The number of nitrogens with zero attached hydrogens (tertiary/aromatic N) is 2. The monoisotopic (exact) mass is 686 g/mol. The first kappa shape index (κ1) is 35.4. The van der Waals surface area contributed by atoms with E-state index in [0.717, 1.165) is 61.5 Å². The number of fused-ring (bicyclic) bond motifs is 8. The fraction of sp³-hybridized carbons (Fsp3) is 0.333. The van der Waals surface area contributed by atoms with E-state index < -0.39 is 0 Å². The first-order chi connectivity index (χ1) is 24.2. The van der Waals surface area contributed by atoms with E-state index >= 15 is 0 Å². The van der Waals surface area contributed by atoms with Crippen LogP contribution in [-0.4, -0.2) is 19.9 Å². The van der Waals surface area contributed by atoms with Gasteiger partial charge in [-0.2, -0.15) is 0 Å². The van der Waals surface area contributed by atoms with Crippen molar-refractivity contribution in [1.29, 1.82) is 0 Å². The molecule has 0 unspecified atom stereocenters. The van der Waals surface area contributed by atoms with E-state index in [1.165, 1.54) is 27.8 Å². The molecule has 0 aliphatic carbocycles. The Morgan fingerprint density at radius 3 is 1.08 bits per heavy atom. The predicted octanol–water partition coefficient (Wildman–Crippen LogP) is 13.2. The fourth-order valence-electron chi connectivity index (χ4n) is 6.96. The van der Waals surface area contributed by atoms with Gasteiger partial charge in [0, 0.05) is 33.2 Å². The van der Waals surface area contributed by atoms with Gasteiger partial charge >= 0.3 is 0 Å². The molecular weight excluding hydrogens is 633 g/mol. The summed E-state index contributed by atoms with van der Waals surface area (Å²) in [5.41, 5.74) is 17.5. The maximum Gasteiger partial charge on any atom is 0.0737 e. The highest BCUT2D eigenvalue weighted by molar-refractivity contribution is 5.95. The molecule has 52 heavy (non-hydrogen) atoms. The molecule has 2 N–H and O–H groups in total. The third kappa shape index (κ3) is 7.08. The van der Waals surface area contributed by atoms with Crippen LogP contribution in [0.4, 0.5) is 0 Å². The lowest BCUT2D eigenvalue weighted by molar-refractivity contribution is 0.568. The first-order valence-corrected chi connectivity index (χ1v) is 18.7. The molecule has 4 nitrogen and oxygen atoms in total. The zero-order valence-corrected chi connectivity index (χ0v) is 33.1. The standard InChI is InChI=1S/C48H54N4/c1-45(2,3)31-21-29(22-32(25-31)46(4,5)6)43-39-17-13-35(49-39)27-37-15-19-41(51-37)44(42-20-16-38(52-42)28-36-14-18-40(43)50-36)30-23-33(47(7,8)9)26-34(24-30)48(10,11)12/h13-28,49-50H,1-12H3. The van der Waals surface area contributed by atoms with Crippen LogP contribution >= 0.6 is 0 Å². The van der Waals surface area contributed by atoms with Crippen molar-refractivity contribution >= 4 is 46.4 Å². The van der Waals surface area contributed by atoms with Crippen molar-refractivity contribution in [2.24, 2.45) is 0 Å². The highest BCUT2D eigenvalue weighted by atomic mass is 14.8. The highest BCUT2D eigenvalue weighted by Gasteiger charge is 2.24. The van der Waals surface area contributed by atoms with E-state index in [-0.39, 0.29) is 21.7 Å². The van der Waals surface area contributed by atoms with Crippen LogP contribution in [0.15, 0.2) is 72.8 Å². The second-order valence-corrected chi connectivity index (χ2v) is 18.8. The minimum absolute atomic E-state index is 0.00120. The average Bonchev–Trinajstić information content (AvgIpc) is 3.86. The summed E-state index contributed by atoms with van der Waals surface area (Å²) >= 11 is 0. The molecule has 266 valence electrons. The first-order valence-electron chi connectivity index (χ1n) is 18.7. The van der Waals surface area contributed by atoms with Crippen LogP contribution in [0.1, 0.15) is 128 Å². The van der Waals surface area contributed by atoms with Gasteiger partial charge in [0.05, 0.1) is 22.8 Å². The molecular formula is C48H54N4. The molecule has 0 amide bonds. The third-order valence-electron chi connectivity index (χ3n) is 10.3. The van der Waals surface area contributed by atoms with Crippen molar-refractivity contribution in [2.75, 3.05) is 0 Å². The summed E-state index contributed by atoms with van der Waals surface area (Å²) in [4.78, 5) is 18.0. The van der Waals surface area contributed by atoms with Crippen LogP contribution in [0, 0.1) is 0 Å². The number of hydrogen-bond donors (Lipinski definition) is 2. The lowest BCUT2D eigenvalue weighted by Gasteiger charge is -2.26. The largest absolute Gasteiger partial charge is 0.355 e. The van der Waals surface area contributed by atoms with Crippen LogP contribution in [0.2, 0.25) is 0 Å². The second-order valence-electron chi connectivity index (χ2n) is 18.8. The molecule has 2 aliphatic rings. The molecule has 2 aliphatic heterocycles. The van der Waals surface area contributed by atoms with Crippen LogP contribution in [0.25, 0.3) is 68.6 Å². The van der Waals surface area contributed by atoms with E-state index in [1.807, 2.05) is 0 Å². The topological polar surface area (TPSA) is 57.4 Å². The third-order valence-corrected chi connectivity index (χ3v) is 10.3. The summed E-state index contributed by atoms with van der Waals surface area (Å²) in [5.74, 6) is 0. The number of H-pyrrole nitrogens is 2. The van der Waals surface area contributed by atoms with Gasteiger partial charge in [0.15, 0.2) is 0 Å². The van der Waals surface area contributed by atoms with Crippen molar-refractivity contribution in [3.05, 3.63) is 118 Å². The van der Waals surface area contributed by atoms with Crippen LogP contribution < -0.4 is 0 Å². The molecule has 3 aromatic heterocycles. The van der Waals surface area contributed by atoms with Gasteiger partial charge in [-0.25, -0.2) is 9.97 Å². The fourth-order valence-corrected chi connectivity index (χ4v) is 6.96. The van der Waals surface area contributed by atoms with Crippen molar-refractivity contribution in [2.45, 2.75) is 105 Å². The molecule has 0 atom stereocenters. The Hall–Kier alpha value is -4.96. The second kappa shape index (κ2) is 12.3. The Balaban J connectivity index is 1.54. The molecule has 0 saturated carbocycles. The Labute approximate surface area is 310 Å². The molecule has 0 radical (unpaired) electrons. The summed E-state index contributed by atoms with van der Waals surface area (Å²) in [7, 11) is 0. The van der Waals surface area contributed by atoms with Gasteiger partial charge in [-0.3, -0.25) is 0 Å². The van der Waals surface area contributed by atoms with E-state index in [4.69, 9.17) is 9.97 Å². The predicted molar refractivity (Wildman–Crippen MR) is 225 cm³/mol. The van der Waals surface area contributed by atoms with Crippen molar-refractivity contribution in [3.8, 4) is 22.3 Å². The van der Waals surface area contributed by atoms with Gasteiger partial charge in [-0.15, -0.1) is 0 Å². The Kier molecular flexibility index (Phi) is 8.40. The quantitative estimate of drug-likeness (QED) is 0.190. The summed E-state index contributed by atoms with van der Waals surface area (Å²) in [5, 5.41) is 0. The van der Waals surface area contributed by atoms with E-state index in [0.29, 0.717) is 0 Å². The molecule has 5 heterocycles. The molecule has 5 aromatic rings. The maximum atomic E-state index is 5.24. The zero-order chi connectivity index (χ0) is 37.4. The summed E-state index contributed by atoms with van der Waals surface area (Å²) < 4.78 is 0. The molecule has 0 fully saturated rings. The summed E-state index contributed by atoms with van der Waals surface area (Å²) in [6, 6.07) is 27.2. The Morgan fingerprint density at radius 2 is 0.731 bits per heavy atom. The minimum atomic E-state index is -0.0133. The summed E-state index contributed by atoms with van der Waals surface area (Å²) in [6.45, 7) is 27.5. The Morgan fingerprint density at radius 1 is 0.385 bits per heavy atom. The van der Waals surface area contributed by atoms with E-state index in [1.54, 1.807) is 0 Å². The number of aromatic amines is 2. The number of aromatic nitrogens is 4. The minimum Gasteiger partial charge on any atom is -0.355 e. The number of rotatable bonds is 2. The van der Waals surface area contributed by atoms with E-state index in [2.05, 4.69) is 190 Å².